The van der Waals surface area contributed by atoms with Crippen LogP contribution in [0.4, 0.5) is 0 Å². The first-order chi connectivity index (χ1) is 9.78. The topological polar surface area (TPSA) is 18.5 Å². The van der Waals surface area contributed by atoms with Crippen LogP contribution in [0.5, 0.6) is 5.75 Å². The predicted molar refractivity (Wildman–Crippen MR) is 83.8 cm³/mol. The summed E-state index contributed by atoms with van der Waals surface area (Å²) in [4.78, 5) is 0. The first kappa shape index (κ1) is 15.1. The Morgan fingerprint density at radius 3 is 2.55 bits per heavy atom. The molecular weight excluding hydrogens is 248 g/mol. The SMILES string of the molecule is C=Cc1ccc(O[C@H](C)OCCC2CCCCC2)cc1. The summed E-state index contributed by atoms with van der Waals surface area (Å²) in [5, 5.41) is 0. The lowest BCUT2D eigenvalue weighted by Crippen LogP contribution is -2.19. The van der Waals surface area contributed by atoms with E-state index in [-0.39, 0.29) is 6.29 Å². The highest BCUT2D eigenvalue weighted by Crippen LogP contribution is 2.26. The highest BCUT2D eigenvalue weighted by molar-refractivity contribution is 5.48. The van der Waals surface area contributed by atoms with E-state index in [2.05, 4.69) is 6.58 Å². The van der Waals surface area contributed by atoms with E-state index in [9.17, 15) is 0 Å². The largest absolute Gasteiger partial charge is 0.465 e. The number of hydrogen-bond acceptors (Lipinski definition) is 2. The van der Waals surface area contributed by atoms with Crippen LogP contribution in [0.25, 0.3) is 6.08 Å². The zero-order chi connectivity index (χ0) is 14.2. The van der Waals surface area contributed by atoms with Crippen LogP contribution in [0.1, 0.15) is 51.0 Å². The van der Waals surface area contributed by atoms with Crippen LogP contribution in [-0.2, 0) is 4.74 Å². The van der Waals surface area contributed by atoms with Crippen LogP contribution in [0.2, 0.25) is 0 Å². The maximum Gasteiger partial charge on any atom is 0.196 e. The Balaban J connectivity index is 1.66. The molecule has 1 fully saturated rings. The van der Waals surface area contributed by atoms with Crippen LogP contribution in [-0.4, -0.2) is 12.9 Å². The predicted octanol–water partition coefficient (Wildman–Crippen LogP) is 5.04. The Labute approximate surface area is 122 Å². The van der Waals surface area contributed by atoms with E-state index >= 15 is 0 Å². The third kappa shape index (κ3) is 5.01. The standard InChI is InChI=1S/C18H26O2/c1-3-16-9-11-18(12-10-16)20-15(2)19-14-13-17-7-5-4-6-8-17/h3,9-12,15,17H,1,4-8,13-14H2,2H3/t15-/m1/s1. The third-order valence-corrected chi connectivity index (χ3v) is 4.02. The molecule has 2 nitrogen and oxygen atoms in total. The van der Waals surface area contributed by atoms with Gasteiger partial charge in [0.1, 0.15) is 5.75 Å². The molecule has 0 unspecified atom stereocenters. The smallest absolute Gasteiger partial charge is 0.196 e. The summed E-state index contributed by atoms with van der Waals surface area (Å²) in [5.41, 5.74) is 1.10. The van der Waals surface area contributed by atoms with Crippen molar-refractivity contribution in [2.45, 2.75) is 51.7 Å². The van der Waals surface area contributed by atoms with Crippen molar-refractivity contribution in [3.05, 3.63) is 36.4 Å². The van der Waals surface area contributed by atoms with Gasteiger partial charge in [0.2, 0.25) is 0 Å². The molecule has 0 N–H and O–H groups in total. The van der Waals surface area contributed by atoms with Crippen LogP contribution < -0.4 is 4.74 Å². The summed E-state index contributed by atoms with van der Waals surface area (Å²) < 4.78 is 11.5. The Kier molecular flexibility index (Phi) is 6.13. The Morgan fingerprint density at radius 1 is 1.20 bits per heavy atom. The second kappa shape index (κ2) is 8.11. The van der Waals surface area contributed by atoms with Crippen molar-refractivity contribution in [3.8, 4) is 5.75 Å². The Morgan fingerprint density at radius 2 is 1.90 bits per heavy atom. The van der Waals surface area contributed by atoms with Crippen molar-refractivity contribution in [1.82, 2.24) is 0 Å². The molecule has 0 amide bonds. The molecule has 0 bridgehead atoms. The average Bonchev–Trinajstić information content (AvgIpc) is 2.49. The minimum atomic E-state index is -0.187. The van der Waals surface area contributed by atoms with Gasteiger partial charge in [0.25, 0.3) is 0 Å². The fourth-order valence-electron chi connectivity index (χ4n) is 2.78. The lowest BCUT2D eigenvalue weighted by molar-refractivity contribution is -0.0711. The van der Waals surface area contributed by atoms with Gasteiger partial charge in [-0.1, -0.05) is 56.9 Å². The lowest BCUT2D eigenvalue weighted by atomic mass is 9.87. The molecule has 2 heteroatoms. The van der Waals surface area contributed by atoms with Gasteiger partial charge in [-0.15, -0.1) is 0 Å². The second-order valence-electron chi connectivity index (χ2n) is 5.62. The van der Waals surface area contributed by atoms with Gasteiger partial charge >= 0.3 is 0 Å². The number of hydrogen-bond donors (Lipinski definition) is 0. The summed E-state index contributed by atoms with van der Waals surface area (Å²) in [6.07, 6.45) is 9.77. The van der Waals surface area contributed by atoms with Crippen LogP contribution in [0.15, 0.2) is 30.8 Å². The summed E-state index contributed by atoms with van der Waals surface area (Å²) in [6, 6.07) is 7.91. The minimum Gasteiger partial charge on any atom is -0.465 e. The summed E-state index contributed by atoms with van der Waals surface area (Å²) in [6.45, 7) is 6.50. The molecule has 20 heavy (non-hydrogen) atoms. The molecular formula is C18H26O2. The fraction of sp³-hybridized carbons (Fsp3) is 0.556. The van der Waals surface area contributed by atoms with Gasteiger partial charge in [-0.25, -0.2) is 0 Å². The van der Waals surface area contributed by atoms with Gasteiger partial charge in [0, 0.05) is 0 Å². The van der Waals surface area contributed by atoms with Gasteiger partial charge in [-0.05, 0) is 37.0 Å². The highest BCUT2D eigenvalue weighted by atomic mass is 16.7. The monoisotopic (exact) mass is 274 g/mol. The van der Waals surface area contributed by atoms with Gasteiger partial charge < -0.3 is 9.47 Å². The summed E-state index contributed by atoms with van der Waals surface area (Å²) in [7, 11) is 0. The van der Waals surface area contributed by atoms with E-state index in [1.807, 2.05) is 37.3 Å². The highest BCUT2D eigenvalue weighted by Gasteiger charge is 2.13. The van der Waals surface area contributed by atoms with Crippen molar-refractivity contribution in [2.24, 2.45) is 5.92 Å². The molecule has 0 spiro atoms. The average molecular weight is 274 g/mol. The number of rotatable bonds is 7. The number of benzene rings is 1. The molecule has 0 heterocycles. The zero-order valence-electron chi connectivity index (χ0n) is 12.5. The van der Waals surface area contributed by atoms with Gasteiger partial charge in [-0.3, -0.25) is 0 Å². The van der Waals surface area contributed by atoms with Crippen LogP contribution in [0, 0.1) is 5.92 Å². The molecule has 1 aromatic rings. The Bertz CT molecular complexity index is 390. The van der Waals surface area contributed by atoms with E-state index in [0.29, 0.717) is 0 Å². The van der Waals surface area contributed by atoms with E-state index in [1.165, 1.54) is 38.5 Å². The summed E-state index contributed by atoms with van der Waals surface area (Å²) >= 11 is 0. The molecule has 0 radical (unpaired) electrons. The van der Waals surface area contributed by atoms with Crippen molar-refractivity contribution in [1.29, 1.82) is 0 Å². The van der Waals surface area contributed by atoms with Crippen molar-refractivity contribution in [3.63, 3.8) is 0 Å². The molecule has 0 saturated heterocycles. The van der Waals surface area contributed by atoms with E-state index in [0.717, 1.165) is 23.8 Å². The van der Waals surface area contributed by atoms with E-state index < -0.39 is 0 Å². The maximum absolute atomic E-state index is 5.76. The van der Waals surface area contributed by atoms with E-state index in [4.69, 9.17) is 9.47 Å². The van der Waals surface area contributed by atoms with Gasteiger partial charge in [-0.2, -0.15) is 0 Å². The molecule has 1 atom stereocenters. The maximum atomic E-state index is 5.76. The van der Waals surface area contributed by atoms with Crippen LogP contribution >= 0.6 is 0 Å². The van der Waals surface area contributed by atoms with E-state index in [1.54, 1.807) is 0 Å². The molecule has 1 aliphatic carbocycles. The first-order valence-electron chi connectivity index (χ1n) is 7.78. The van der Waals surface area contributed by atoms with Gasteiger partial charge in [0.15, 0.2) is 6.29 Å². The zero-order valence-corrected chi connectivity index (χ0v) is 12.5. The second-order valence-corrected chi connectivity index (χ2v) is 5.62. The van der Waals surface area contributed by atoms with Crippen molar-refractivity contribution in [2.75, 3.05) is 6.61 Å². The fourth-order valence-corrected chi connectivity index (χ4v) is 2.78. The quantitative estimate of drug-likeness (QED) is 0.648. The molecule has 110 valence electrons. The molecule has 2 rings (SSSR count). The molecule has 0 aromatic heterocycles. The first-order valence-corrected chi connectivity index (χ1v) is 7.78. The van der Waals surface area contributed by atoms with Crippen molar-refractivity contribution >= 4 is 6.08 Å². The Hall–Kier alpha value is -1.28. The molecule has 1 aliphatic rings. The number of ether oxygens (including phenoxy) is 2. The lowest BCUT2D eigenvalue weighted by Gasteiger charge is -2.22. The summed E-state index contributed by atoms with van der Waals surface area (Å²) in [5.74, 6) is 1.71. The molecule has 0 aliphatic heterocycles. The molecule has 1 saturated carbocycles. The minimum absolute atomic E-state index is 0.187. The third-order valence-electron chi connectivity index (χ3n) is 4.02. The van der Waals surface area contributed by atoms with Gasteiger partial charge in [0.05, 0.1) is 6.61 Å². The van der Waals surface area contributed by atoms with Crippen molar-refractivity contribution < 1.29 is 9.47 Å². The normalized spacial score (nSPS) is 17.6. The van der Waals surface area contributed by atoms with Crippen LogP contribution in [0.3, 0.4) is 0 Å². The molecule has 1 aromatic carbocycles.